The van der Waals surface area contributed by atoms with E-state index in [4.69, 9.17) is 11.5 Å². The number of aromatic nitrogens is 3. The lowest BCUT2D eigenvalue weighted by Crippen LogP contribution is -2.11. The highest BCUT2D eigenvalue weighted by molar-refractivity contribution is 7.99. The van der Waals surface area contributed by atoms with Gasteiger partial charge in [0.05, 0.1) is 5.69 Å². The topological polar surface area (TPSA) is 108 Å². The van der Waals surface area contributed by atoms with Crippen molar-refractivity contribution in [1.82, 2.24) is 15.0 Å². The number of nitrogens with two attached hydrogens (primary N) is 2. The Labute approximate surface area is 124 Å². The monoisotopic (exact) mass is 307 g/mol. The molecule has 0 aromatic carbocycles. The van der Waals surface area contributed by atoms with E-state index in [1.807, 2.05) is 6.26 Å². The molecule has 20 heavy (non-hydrogen) atoms. The van der Waals surface area contributed by atoms with Gasteiger partial charge in [0.1, 0.15) is 10.8 Å². The molecule has 0 fully saturated rings. The van der Waals surface area contributed by atoms with E-state index in [1.165, 1.54) is 23.5 Å². The third kappa shape index (κ3) is 3.84. The van der Waals surface area contributed by atoms with Gasteiger partial charge in [-0.3, -0.25) is 9.78 Å². The molecule has 2 aromatic rings. The van der Waals surface area contributed by atoms with Gasteiger partial charge >= 0.3 is 0 Å². The van der Waals surface area contributed by atoms with Crippen LogP contribution in [0.25, 0.3) is 0 Å². The van der Waals surface area contributed by atoms with Crippen molar-refractivity contribution < 1.29 is 4.79 Å². The molecular formula is C12H13N5OS2. The number of carbonyl (C=O) groups is 1. The van der Waals surface area contributed by atoms with Crippen LogP contribution in [-0.2, 0) is 5.75 Å². The lowest BCUT2D eigenvalue weighted by Gasteiger charge is -2.04. The minimum absolute atomic E-state index is 0.436. The van der Waals surface area contributed by atoms with Crippen molar-refractivity contribution in [3.8, 4) is 0 Å². The van der Waals surface area contributed by atoms with E-state index in [0.29, 0.717) is 22.3 Å². The number of nitrogens with zero attached hydrogens (tertiary/aromatic N) is 3. The van der Waals surface area contributed by atoms with Crippen LogP contribution >= 0.6 is 23.5 Å². The molecule has 0 saturated heterocycles. The Morgan fingerprint density at radius 1 is 1.35 bits per heavy atom. The Kier molecular flexibility index (Phi) is 4.80. The molecule has 8 heteroatoms. The summed E-state index contributed by atoms with van der Waals surface area (Å²) in [5.41, 5.74) is 12.1. The fourth-order valence-corrected chi connectivity index (χ4v) is 2.68. The highest BCUT2D eigenvalue weighted by Gasteiger charge is 2.06. The molecule has 0 spiro atoms. The summed E-state index contributed by atoms with van der Waals surface area (Å²) >= 11 is 2.91. The standard InChI is InChI=1S/C12H13N5OS2/c1-19-10-5-9(13)16-12(17-10)20-6-8-4-7(11(14)18)2-3-15-8/h2-5H,6H2,1H3,(H2,14,18)(H2,13,16,17). The number of primary amides is 1. The van der Waals surface area contributed by atoms with Crippen LogP contribution in [0.5, 0.6) is 0 Å². The summed E-state index contributed by atoms with van der Waals surface area (Å²) in [6, 6.07) is 4.97. The molecule has 0 radical (unpaired) electrons. The Balaban J connectivity index is 2.10. The van der Waals surface area contributed by atoms with Crippen LogP contribution in [0, 0.1) is 0 Å². The predicted molar refractivity (Wildman–Crippen MR) is 80.5 cm³/mol. The first kappa shape index (κ1) is 14.6. The molecule has 104 valence electrons. The first-order valence-corrected chi connectivity index (χ1v) is 7.85. The highest BCUT2D eigenvalue weighted by Crippen LogP contribution is 2.22. The van der Waals surface area contributed by atoms with Crippen molar-refractivity contribution in [2.75, 3.05) is 12.0 Å². The lowest BCUT2D eigenvalue weighted by atomic mass is 10.2. The van der Waals surface area contributed by atoms with E-state index >= 15 is 0 Å². The first-order valence-electron chi connectivity index (χ1n) is 5.64. The smallest absolute Gasteiger partial charge is 0.248 e. The van der Waals surface area contributed by atoms with Gasteiger partial charge in [0.2, 0.25) is 5.91 Å². The van der Waals surface area contributed by atoms with E-state index in [0.717, 1.165) is 10.7 Å². The molecular weight excluding hydrogens is 294 g/mol. The SMILES string of the molecule is CSc1cc(N)nc(SCc2cc(C(N)=O)ccn2)n1. The Morgan fingerprint density at radius 3 is 2.85 bits per heavy atom. The van der Waals surface area contributed by atoms with Crippen LogP contribution in [0.3, 0.4) is 0 Å². The van der Waals surface area contributed by atoms with Crippen molar-refractivity contribution in [1.29, 1.82) is 0 Å². The molecule has 6 nitrogen and oxygen atoms in total. The average Bonchev–Trinajstić information content (AvgIpc) is 2.44. The predicted octanol–water partition coefficient (Wildman–Crippen LogP) is 1.57. The van der Waals surface area contributed by atoms with Gasteiger partial charge < -0.3 is 11.5 Å². The van der Waals surface area contributed by atoms with E-state index in [9.17, 15) is 4.79 Å². The molecule has 2 rings (SSSR count). The second-order valence-electron chi connectivity index (χ2n) is 3.81. The number of anilines is 1. The molecule has 0 atom stereocenters. The average molecular weight is 307 g/mol. The quantitative estimate of drug-likeness (QED) is 0.490. The molecule has 2 aromatic heterocycles. The Hall–Kier alpha value is -1.80. The Bertz CT molecular complexity index is 635. The fourth-order valence-electron chi connectivity index (χ4n) is 1.44. The van der Waals surface area contributed by atoms with Gasteiger partial charge in [0, 0.05) is 23.6 Å². The van der Waals surface area contributed by atoms with Gasteiger partial charge in [-0.2, -0.15) is 0 Å². The van der Waals surface area contributed by atoms with Crippen LogP contribution in [-0.4, -0.2) is 27.1 Å². The number of carbonyl (C=O) groups excluding carboxylic acids is 1. The zero-order chi connectivity index (χ0) is 14.5. The first-order chi connectivity index (χ1) is 9.58. The third-order valence-electron chi connectivity index (χ3n) is 2.36. The zero-order valence-corrected chi connectivity index (χ0v) is 12.4. The summed E-state index contributed by atoms with van der Waals surface area (Å²) in [7, 11) is 0. The molecule has 0 bridgehead atoms. The van der Waals surface area contributed by atoms with Crippen LogP contribution in [0.1, 0.15) is 16.1 Å². The number of hydrogen-bond donors (Lipinski definition) is 2. The minimum Gasteiger partial charge on any atom is -0.384 e. The number of pyridine rings is 1. The second-order valence-corrected chi connectivity index (χ2v) is 5.58. The van der Waals surface area contributed by atoms with Crippen LogP contribution in [0.15, 0.2) is 34.6 Å². The van der Waals surface area contributed by atoms with Crippen molar-refractivity contribution >= 4 is 35.2 Å². The molecule has 0 aliphatic heterocycles. The van der Waals surface area contributed by atoms with E-state index in [1.54, 1.807) is 24.4 Å². The van der Waals surface area contributed by atoms with Gasteiger partial charge in [-0.15, -0.1) is 11.8 Å². The van der Waals surface area contributed by atoms with Crippen LogP contribution in [0.4, 0.5) is 5.82 Å². The number of amides is 1. The summed E-state index contributed by atoms with van der Waals surface area (Å²) in [6.45, 7) is 0. The second kappa shape index (κ2) is 6.58. The molecule has 0 aliphatic carbocycles. The third-order valence-corrected chi connectivity index (χ3v) is 3.87. The van der Waals surface area contributed by atoms with Gasteiger partial charge in [0.15, 0.2) is 5.16 Å². The lowest BCUT2D eigenvalue weighted by molar-refractivity contribution is 0.1000. The Morgan fingerprint density at radius 2 is 2.15 bits per heavy atom. The van der Waals surface area contributed by atoms with Crippen molar-refractivity contribution in [2.24, 2.45) is 5.73 Å². The summed E-state index contributed by atoms with van der Waals surface area (Å²) in [6.07, 6.45) is 3.48. The number of hydrogen-bond acceptors (Lipinski definition) is 7. The normalized spacial score (nSPS) is 10.4. The number of thioether (sulfide) groups is 2. The zero-order valence-electron chi connectivity index (χ0n) is 10.7. The summed E-state index contributed by atoms with van der Waals surface area (Å²) in [4.78, 5) is 23.8. The van der Waals surface area contributed by atoms with Gasteiger partial charge in [-0.05, 0) is 18.4 Å². The maximum absolute atomic E-state index is 11.1. The molecule has 4 N–H and O–H groups in total. The van der Waals surface area contributed by atoms with Crippen molar-refractivity contribution in [2.45, 2.75) is 15.9 Å². The molecule has 0 saturated carbocycles. The van der Waals surface area contributed by atoms with Gasteiger partial charge in [-0.25, -0.2) is 9.97 Å². The van der Waals surface area contributed by atoms with Crippen molar-refractivity contribution in [3.05, 3.63) is 35.7 Å². The van der Waals surface area contributed by atoms with Crippen molar-refractivity contribution in [3.63, 3.8) is 0 Å². The summed E-state index contributed by atoms with van der Waals surface area (Å²) in [5, 5.41) is 1.40. The number of nitrogen functional groups attached to an aromatic ring is 1. The maximum Gasteiger partial charge on any atom is 0.248 e. The van der Waals surface area contributed by atoms with E-state index in [2.05, 4.69) is 15.0 Å². The van der Waals surface area contributed by atoms with E-state index < -0.39 is 5.91 Å². The molecule has 0 aliphatic rings. The highest BCUT2D eigenvalue weighted by atomic mass is 32.2. The number of rotatable bonds is 5. The van der Waals surface area contributed by atoms with E-state index in [-0.39, 0.29) is 0 Å². The largest absolute Gasteiger partial charge is 0.384 e. The summed E-state index contributed by atoms with van der Waals surface area (Å²) < 4.78 is 0. The maximum atomic E-state index is 11.1. The molecule has 0 unspecified atom stereocenters. The minimum atomic E-state index is -0.469. The molecule has 1 amide bonds. The molecule has 2 heterocycles. The van der Waals surface area contributed by atoms with Crippen LogP contribution in [0.2, 0.25) is 0 Å². The van der Waals surface area contributed by atoms with Gasteiger partial charge in [-0.1, -0.05) is 11.8 Å². The summed E-state index contributed by atoms with van der Waals surface area (Å²) in [5.74, 6) is 0.507. The fraction of sp³-hybridized carbons (Fsp3) is 0.167. The van der Waals surface area contributed by atoms with Crippen LogP contribution < -0.4 is 11.5 Å². The van der Waals surface area contributed by atoms with Gasteiger partial charge in [0.25, 0.3) is 0 Å².